The Balaban J connectivity index is 1.54. The molecule has 2 N–H and O–H groups in total. The minimum absolute atomic E-state index is 0.123. The highest BCUT2D eigenvalue weighted by molar-refractivity contribution is 8.01. The average molecular weight is 400 g/mol. The summed E-state index contributed by atoms with van der Waals surface area (Å²) in [6, 6.07) is 14.2. The number of para-hydroxylation sites is 1. The first kappa shape index (κ1) is 19.8. The Morgan fingerprint density at radius 2 is 2.00 bits per heavy atom. The second kappa shape index (κ2) is 8.79. The second-order valence-electron chi connectivity index (χ2n) is 6.15. The lowest BCUT2D eigenvalue weighted by atomic mass is 10.2. The van der Waals surface area contributed by atoms with Crippen molar-refractivity contribution in [2.24, 2.45) is 0 Å². The summed E-state index contributed by atoms with van der Waals surface area (Å²) in [6.07, 6.45) is -1.12. The Morgan fingerprint density at radius 3 is 2.79 bits per heavy atom. The average Bonchev–Trinajstić information content (AvgIpc) is 2.68. The molecule has 0 saturated carbocycles. The normalized spacial score (nSPS) is 16.4. The van der Waals surface area contributed by atoms with Crippen molar-refractivity contribution in [2.45, 2.75) is 29.6 Å². The molecule has 1 aliphatic heterocycles. The fourth-order valence-corrected chi connectivity index (χ4v) is 3.72. The van der Waals surface area contributed by atoms with Crippen LogP contribution in [0.1, 0.15) is 13.3 Å². The Kier molecular flexibility index (Phi) is 6.20. The third kappa shape index (κ3) is 4.83. The summed E-state index contributed by atoms with van der Waals surface area (Å²) < 4.78 is 10.3. The molecule has 146 valence electrons. The molecule has 3 rings (SSSR count). The van der Waals surface area contributed by atoms with Gasteiger partial charge in [0.05, 0.1) is 24.5 Å². The van der Waals surface area contributed by atoms with Crippen molar-refractivity contribution in [1.29, 1.82) is 0 Å². The fourth-order valence-electron chi connectivity index (χ4n) is 2.62. The second-order valence-corrected chi connectivity index (χ2v) is 7.39. The molecule has 1 aliphatic rings. The first-order valence-electron chi connectivity index (χ1n) is 8.67. The van der Waals surface area contributed by atoms with Crippen molar-refractivity contribution in [3.05, 3.63) is 48.5 Å². The van der Waals surface area contributed by atoms with E-state index in [1.54, 1.807) is 30.3 Å². The Labute approximate surface area is 166 Å². The van der Waals surface area contributed by atoms with Gasteiger partial charge >= 0.3 is 5.97 Å². The first-order valence-corrected chi connectivity index (χ1v) is 9.55. The molecular formula is C20H20N2O5S. The van der Waals surface area contributed by atoms with Crippen LogP contribution in [0.4, 0.5) is 11.4 Å². The summed E-state index contributed by atoms with van der Waals surface area (Å²) in [4.78, 5) is 37.6. The number of anilines is 2. The van der Waals surface area contributed by atoms with E-state index in [4.69, 9.17) is 9.47 Å². The molecule has 8 heteroatoms. The predicted octanol–water partition coefficient (Wildman–Crippen LogP) is 3.07. The number of methoxy groups -OCH3 is 1. The number of benzene rings is 2. The van der Waals surface area contributed by atoms with Crippen LogP contribution >= 0.6 is 11.8 Å². The number of fused-ring (bicyclic) bond motifs is 1. The van der Waals surface area contributed by atoms with Crippen molar-refractivity contribution >= 4 is 40.9 Å². The molecule has 2 aromatic rings. The number of carbonyl (C=O) groups excluding carboxylic acids is 3. The monoisotopic (exact) mass is 400 g/mol. The van der Waals surface area contributed by atoms with Crippen LogP contribution in [-0.4, -0.2) is 36.2 Å². The molecule has 0 radical (unpaired) electrons. The zero-order valence-electron chi connectivity index (χ0n) is 15.4. The highest BCUT2D eigenvalue weighted by atomic mass is 32.2. The van der Waals surface area contributed by atoms with Crippen LogP contribution in [-0.2, 0) is 19.1 Å². The van der Waals surface area contributed by atoms with E-state index in [0.717, 1.165) is 10.6 Å². The lowest BCUT2D eigenvalue weighted by Gasteiger charge is -2.23. The number of hydrogen-bond donors (Lipinski definition) is 2. The van der Waals surface area contributed by atoms with E-state index in [9.17, 15) is 14.4 Å². The highest BCUT2D eigenvalue weighted by Gasteiger charge is 2.30. The standard InChI is InChI=1S/C20H20N2O5S/c1-12(19(24)21-13-6-5-7-14(10-13)26-2)27-18(23)11-17-20(25)22-15-8-3-4-9-16(15)28-17/h3-10,12,17H,11H2,1-2H3,(H,21,24)(H,22,25)/t12-,17+/m1/s1. The molecule has 2 amide bonds. The Bertz CT molecular complexity index is 902. The summed E-state index contributed by atoms with van der Waals surface area (Å²) in [5, 5.41) is 4.84. The van der Waals surface area contributed by atoms with E-state index >= 15 is 0 Å². The lowest BCUT2D eigenvalue weighted by molar-refractivity contribution is -0.153. The molecule has 2 aromatic carbocycles. The summed E-state index contributed by atoms with van der Waals surface area (Å²) in [5.74, 6) is -0.731. The molecule has 7 nitrogen and oxygen atoms in total. The van der Waals surface area contributed by atoms with Gasteiger partial charge in [-0.1, -0.05) is 18.2 Å². The van der Waals surface area contributed by atoms with Crippen LogP contribution in [0.2, 0.25) is 0 Å². The number of ether oxygens (including phenoxy) is 2. The minimum atomic E-state index is -0.998. The molecule has 28 heavy (non-hydrogen) atoms. The van der Waals surface area contributed by atoms with Crippen molar-refractivity contribution in [3.63, 3.8) is 0 Å². The minimum Gasteiger partial charge on any atom is -0.497 e. The smallest absolute Gasteiger partial charge is 0.308 e. The van der Waals surface area contributed by atoms with Gasteiger partial charge in [0.2, 0.25) is 5.91 Å². The molecule has 0 unspecified atom stereocenters. The zero-order chi connectivity index (χ0) is 20.1. The summed E-state index contributed by atoms with van der Waals surface area (Å²) in [5.41, 5.74) is 1.26. The van der Waals surface area contributed by atoms with E-state index in [2.05, 4.69) is 10.6 Å². The molecule has 1 heterocycles. The van der Waals surface area contributed by atoms with Crippen LogP contribution in [0.3, 0.4) is 0 Å². The number of rotatable bonds is 6. The maximum atomic E-state index is 12.3. The number of amides is 2. The van der Waals surface area contributed by atoms with E-state index in [0.29, 0.717) is 11.4 Å². The first-order chi connectivity index (χ1) is 13.5. The summed E-state index contributed by atoms with van der Waals surface area (Å²) in [7, 11) is 1.53. The highest BCUT2D eigenvalue weighted by Crippen LogP contribution is 2.36. The quantitative estimate of drug-likeness (QED) is 0.724. The maximum absolute atomic E-state index is 12.3. The van der Waals surface area contributed by atoms with Crippen LogP contribution in [0.25, 0.3) is 0 Å². The van der Waals surface area contributed by atoms with Crippen LogP contribution in [0, 0.1) is 0 Å². The molecule has 2 atom stereocenters. The van der Waals surface area contributed by atoms with Gasteiger partial charge in [-0.2, -0.15) is 0 Å². The van der Waals surface area contributed by atoms with Gasteiger partial charge in [-0.3, -0.25) is 14.4 Å². The molecule has 0 bridgehead atoms. The number of esters is 1. The van der Waals surface area contributed by atoms with Gasteiger partial charge in [-0.15, -0.1) is 11.8 Å². The Morgan fingerprint density at radius 1 is 1.21 bits per heavy atom. The van der Waals surface area contributed by atoms with Gasteiger partial charge < -0.3 is 20.1 Å². The largest absolute Gasteiger partial charge is 0.497 e. The number of nitrogens with one attached hydrogen (secondary N) is 2. The number of carbonyl (C=O) groups is 3. The third-order valence-corrected chi connectivity index (χ3v) is 5.35. The molecule has 0 saturated heterocycles. The van der Waals surface area contributed by atoms with Gasteiger partial charge in [0.1, 0.15) is 5.75 Å². The SMILES string of the molecule is COc1cccc(NC(=O)[C@@H](C)OC(=O)C[C@@H]2Sc3ccccc3NC2=O)c1. The van der Waals surface area contributed by atoms with Crippen LogP contribution < -0.4 is 15.4 Å². The van der Waals surface area contributed by atoms with E-state index in [-0.39, 0.29) is 12.3 Å². The van der Waals surface area contributed by atoms with Crippen molar-refractivity contribution in [3.8, 4) is 5.75 Å². The van der Waals surface area contributed by atoms with E-state index in [1.165, 1.54) is 25.8 Å². The number of hydrogen-bond acceptors (Lipinski definition) is 6. The fraction of sp³-hybridized carbons (Fsp3) is 0.250. The molecule has 0 aromatic heterocycles. The van der Waals surface area contributed by atoms with Gasteiger partial charge in [-0.05, 0) is 31.2 Å². The van der Waals surface area contributed by atoms with Gasteiger partial charge in [0, 0.05) is 16.6 Å². The molecule has 0 fully saturated rings. The zero-order valence-corrected chi connectivity index (χ0v) is 16.2. The van der Waals surface area contributed by atoms with Gasteiger partial charge in [-0.25, -0.2) is 0 Å². The van der Waals surface area contributed by atoms with Crippen molar-refractivity contribution in [2.75, 3.05) is 17.7 Å². The van der Waals surface area contributed by atoms with Crippen LogP contribution in [0.15, 0.2) is 53.4 Å². The van der Waals surface area contributed by atoms with E-state index < -0.39 is 23.2 Å². The topological polar surface area (TPSA) is 93.7 Å². The van der Waals surface area contributed by atoms with Gasteiger partial charge in [0.25, 0.3) is 5.91 Å². The Hall–Kier alpha value is -3.00. The van der Waals surface area contributed by atoms with E-state index in [1.807, 2.05) is 18.2 Å². The third-order valence-electron chi connectivity index (χ3n) is 4.07. The van der Waals surface area contributed by atoms with Gasteiger partial charge in [0.15, 0.2) is 6.10 Å². The predicted molar refractivity (Wildman–Crippen MR) is 107 cm³/mol. The molecule has 0 aliphatic carbocycles. The number of thioether (sulfide) groups is 1. The molecular weight excluding hydrogens is 380 g/mol. The summed E-state index contributed by atoms with van der Waals surface area (Å²) >= 11 is 1.31. The van der Waals surface area contributed by atoms with Crippen LogP contribution in [0.5, 0.6) is 5.75 Å². The maximum Gasteiger partial charge on any atom is 0.308 e. The molecule has 0 spiro atoms. The lowest BCUT2D eigenvalue weighted by Crippen LogP contribution is -2.34. The van der Waals surface area contributed by atoms with Crippen molar-refractivity contribution in [1.82, 2.24) is 0 Å². The van der Waals surface area contributed by atoms with Crippen molar-refractivity contribution < 1.29 is 23.9 Å². The summed E-state index contributed by atoms with van der Waals surface area (Å²) in [6.45, 7) is 1.48.